The summed E-state index contributed by atoms with van der Waals surface area (Å²) >= 11 is 2.74. The van der Waals surface area contributed by atoms with E-state index in [9.17, 15) is 34.2 Å². The Balaban J connectivity index is 1.59. The van der Waals surface area contributed by atoms with Gasteiger partial charge >= 0.3 is 18.2 Å². The number of oxime groups is 1. The molecule has 0 saturated carbocycles. The third-order valence-electron chi connectivity index (χ3n) is 5.03. The molecule has 2 aromatic rings. The van der Waals surface area contributed by atoms with Crippen LogP contribution < -0.4 is 16.4 Å². The average molecular weight is 616 g/mol. The van der Waals surface area contributed by atoms with Crippen LogP contribution in [0.5, 0.6) is 0 Å². The highest BCUT2D eigenvalue weighted by molar-refractivity contribution is 8.01. The number of nitrogens with one attached hydrogen (secondary N) is 3. The van der Waals surface area contributed by atoms with Gasteiger partial charge in [-0.05, 0) is 5.21 Å². The monoisotopic (exact) mass is 615 g/mol. The fourth-order valence-corrected chi connectivity index (χ4v) is 6.31. The van der Waals surface area contributed by atoms with E-state index in [1.807, 2.05) is 0 Å². The number of aromatic amines is 1. The van der Waals surface area contributed by atoms with E-state index in [-0.39, 0.29) is 33.3 Å². The molecule has 0 aromatic carbocycles. The minimum atomic E-state index is -1.75. The van der Waals surface area contributed by atoms with Gasteiger partial charge in [0.05, 0.1) is 11.7 Å². The predicted octanol–water partition coefficient (Wildman–Crippen LogP) is -1.36. The van der Waals surface area contributed by atoms with E-state index in [2.05, 4.69) is 50.6 Å². The topological polar surface area (TPSA) is 290 Å². The maximum absolute atomic E-state index is 13.1. The molecule has 3 atom stereocenters. The molecule has 212 valence electrons. The summed E-state index contributed by atoms with van der Waals surface area (Å²) in [6.45, 7) is 0. The van der Waals surface area contributed by atoms with Crippen molar-refractivity contribution >= 4 is 75.9 Å². The molecule has 1 saturated heterocycles. The molecule has 4 rings (SSSR count). The fraction of sp³-hybridized carbons (Fsp3) is 0.353. The number of carboxylic acid groups (broad SMARTS) is 2. The minimum Gasteiger partial charge on any atom is -0.481 e. The Kier molecular flexibility index (Phi) is 8.64. The van der Waals surface area contributed by atoms with E-state index in [1.165, 1.54) is 7.05 Å². The Morgan fingerprint density at radius 3 is 2.73 bits per heavy atom. The number of nitrogens with zero attached hydrogens (tertiary/aromatic N) is 7. The van der Waals surface area contributed by atoms with Crippen molar-refractivity contribution in [2.75, 3.05) is 18.5 Å². The summed E-state index contributed by atoms with van der Waals surface area (Å²) < 4.78 is 8.79. The quantitative estimate of drug-likeness (QED) is 0.0449. The van der Waals surface area contributed by atoms with E-state index >= 15 is 0 Å². The molecule has 2 aromatic heterocycles. The number of carboxylic acids is 1. The van der Waals surface area contributed by atoms with Gasteiger partial charge in [0.25, 0.3) is 11.8 Å². The second-order valence-electron chi connectivity index (χ2n) is 7.48. The lowest BCUT2D eigenvalue weighted by molar-refractivity contribution is -0.148. The van der Waals surface area contributed by atoms with Crippen LogP contribution in [-0.4, -0.2) is 110 Å². The lowest BCUT2D eigenvalue weighted by Gasteiger charge is -2.49. The number of β-lactam (4-membered cyclic amide) rings is 1. The summed E-state index contributed by atoms with van der Waals surface area (Å²) in [5.74, 6) is -3.60. The van der Waals surface area contributed by atoms with Gasteiger partial charge in [0.15, 0.2) is 5.13 Å². The van der Waals surface area contributed by atoms with Crippen molar-refractivity contribution in [1.29, 1.82) is 0 Å². The molecule has 0 spiro atoms. The number of nitrogens with two attached hydrogens (primary N) is 1. The van der Waals surface area contributed by atoms with Gasteiger partial charge in [-0.2, -0.15) is 14.6 Å². The van der Waals surface area contributed by atoms with Crippen molar-refractivity contribution in [3.05, 3.63) is 17.3 Å². The number of nitrogen functional groups attached to an aromatic ring is 1. The average Bonchev–Trinajstić information content (AvgIpc) is 3.57. The standard InChI is InChI=1S/C17H17N11O9S3/c1-19-16(33)37-24-7(9-21-14(18)40-25-9)10(31)20-8-11(32)28-12(36-17(34)35)4(3-38-13(8)28)5(2-6(29)30)39-15-22-26-27-23-15/h5,8,13H,2-3H2,1H3,(H,19,33)(H,20,31)(H,29,30)(H,34,35)(H2,18,21,25)(H,22,23,26,27)/b24-7-/t5?,8-,13+/m1/s1. The van der Waals surface area contributed by atoms with Gasteiger partial charge in [0.2, 0.25) is 22.6 Å². The Morgan fingerprint density at radius 2 is 2.12 bits per heavy atom. The van der Waals surface area contributed by atoms with Crippen molar-refractivity contribution in [2.24, 2.45) is 5.16 Å². The number of anilines is 1. The number of aliphatic carboxylic acids is 1. The first-order valence-corrected chi connectivity index (χ1v) is 13.4. The number of rotatable bonds is 10. The number of H-pyrrole nitrogens is 1. The SMILES string of the molecule is CNC(=O)O/N=C(\C(=O)N[C@@H]1C(=O)N2C(OC(=O)O)=C(C(CC(=O)O)Sc3nn[nH]n3)CS[C@@H]12)c1nsc(N)n1. The summed E-state index contributed by atoms with van der Waals surface area (Å²) in [7, 11) is 1.26. The number of carbonyl (C=O) groups excluding carboxylic acids is 3. The zero-order valence-electron chi connectivity index (χ0n) is 19.8. The number of carbonyl (C=O) groups is 5. The van der Waals surface area contributed by atoms with Gasteiger partial charge in [-0.1, -0.05) is 16.9 Å². The summed E-state index contributed by atoms with van der Waals surface area (Å²) in [5.41, 5.74) is 5.19. The van der Waals surface area contributed by atoms with Crippen LogP contribution in [0, 0.1) is 0 Å². The molecule has 40 heavy (non-hydrogen) atoms. The smallest absolute Gasteiger partial charge is 0.481 e. The summed E-state index contributed by atoms with van der Waals surface area (Å²) in [5, 5.41) is 38.3. The van der Waals surface area contributed by atoms with E-state index in [1.54, 1.807) is 0 Å². The first kappa shape index (κ1) is 28.5. The van der Waals surface area contributed by atoms with Gasteiger partial charge in [-0.25, -0.2) is 9.59 Å². The molecule has 1 unspecified atom stereocenters. The van der Waals surface area contributed by atoms with Crippen LogP contribution in [-0.2, 0) is 24.0 Å². The molecule has 7 N–H and O–H groups in total. The van der Waals surface area contributed by atoms with Crippen molar-refractivity contribution in [3.8, 4) is 0 Å². The molecular weight excluding hydrogens is 598 g/mol. The zero-order valence-corrected chi connectivity index (χ0v) is 22.3. The van der Waals surface area contributed by atoms with Gasteiger partial charge in [0.1, 0.15) is 11.4 Å². The molecule has 20 nitrogen and oxygen atoms in total. The first-order valence-electron chi connectivity index (χ1n) is 10.7. The highest BCUT2D eigenvalue weighted by Gasteiger charge is 2.55. The summed E-state index contributed by atoms with van der Waals surface area (Å²) in [6.07, 6.45) is -3.22. The normalized spacial score (nSPS) is 19.3. The van der Waals surface area contributed by atoms with E-state index in [4.69, 9.17) is 10.5 Å². The lowest BCUT2D eigenvalue weighted by atomic mass is 10.0. The zero-order chi connectivity index (χ0) is 29.0. The minimum absolute atomic E-state index is 0.00749. The second-order valence-corrected chi connectivity index (χ2v) is 10.5. The van der Waals surface area contributed by atoms with Crippen LogP contribution in [0.4, 0.5) is 14.7 Å². The van der Waals surface area contributed by atoms with Crippen LogP contribution in [0.2, 0.25) is 0 Å². The van der Waals surface area contributed by atoms with Crippen LogP contribution in [0.3, 0.4) is 0 Å². The molecule has 4 heterocycles. The van der Waals surface area contributed by atoms with Crippen molar-refractivity contribution < 1.29 is 43.8 Å². The van der Waals surface area contributed by atoms with Crippen LogP contribution in [0.25, 0.3) is 0 Å². The summed E-state index contributed by atoms with van der Waals surface area (Å²) in [4.78, 5) is 70.1. The Bertz CT molecular complexity index is 1400. The third kappa shape index (κ3) is 6.20. The van der Waals surface area contributed by atoms with Gasteiger partial charge in [-0.15, -0.1) is 22.0 Å². The van der Waals surface area contributed by atoms with Crippen molar-refractivity contribution in [3.63, 3.8) is 0 Å². The number of aromatic nitrogens is 6. The van der Waals surface area contributed by atoms with E-state index in [0.717, 1.165) is 40.0 Å². The summed E-state index contributed by atoms with van der Waals surface area (Å²) in [6, 6.07) is -1.20. The molecule has 23 heteroatoms. The largest absolute Gasteiger partial charge is 0.512 e. The van der Waals surface area contributed by atoms with E-state index < -0.39 is 58.8 Å². The van der Waals surface area contributed by atoms with Crippen molar-refractivity contribution in [2.45, 2.75) is 28.2 Å². The fourth-order valence-electron chi connectivity index (χ4n) is 3.39. The Hall–Kier alpha value is -4.51. The molecule has 1 fully saturated rings. The number of tetrazole rings is 1. The number of ether oxygens (including phenoxy) is 1. The number of fused-ring (bicyclic) bond motifs is 1. The Morgan fingerprint density at radius 1 is 1.35 bits per heavy atom. The Labute approximate surface area is 234 Å². The van der Waals surface area contributed by atoms with Gasteiger partial charge in [0, 0.05) is 29.9 Å². The molecule has 0 aliphatic carbocycles. The number of thioether (sulfide) groups is 2. The molecule has 2 aliphatic rings. The second kappa shape index (κ2) is 12.1. The number of hydrogen-bond donors (Lipinski definition) is 6. The van der Waals surface area contributed by atoms with Gasteiger partial charge in [-0.3, -0.25) is 24.1 Å². The molecule has 2 aliphatic heterocycles. The van der Waals surface area contributed by atoms with Gasteiger partial charge < -0.3 is 31.3 Å². The highest BCUT2D eigenvalue weighted by Crippen LogP contribution is 2.44. The number of amides is 3. The maximum atomic E-state index is 13.1. The molecule has 0 radical (unpaired) electrons. The van der Waals surface area contributed by atoms with Crippen LogP contribution in [0.15, 0.2) is 21.8 Å². The third-order valence-corrected chi connectivity index (χ3v) is 8.00. The predicted molar refractivity (Wildman–Crippen MR) is 134 cm³/mol. The molecular formula is C17H17N11O9S3. The lowest BCUT2D eigenvalue weighted by Crippen LogP contribution is -2.70. The molecule has 3 amide bonds. The van der Waals surface area contributed by atoms with Crippen LogP contribution in [0.1, 0.15) is 12.2 Å². The van der Waals surface area contributed by atoms with Crippen molar-refractivity contribution in [1.82, 2.24) is 45.5 Å². The number of hydrogen-bond acceptors (Lipinski definition) is 17. The van der Waals surface area contributed by atoms with Crippen LogP contribution >= 0.6 is 35.1 Å². The molecule has 0 bridgehead atoms. The highest BCUT2D eigenvalue weighted by atomic mass is 32.2. The first-order chi connectivity index (χ1) is 19.1. The van der Waals surface area contributed by atoms with E-state index in [0.29, 0.717) is 0 Å². The maximum Gasteiger partial charge on any atom is 0.512 e.